The lowest BCUT2D eigenvalue weighted by atomic mass is 10.1. The van der Waals surface area contributed by atoms with Crippen molar-refractivity contribution in [3.05, 3.63) is 88.4 Å². The van der Waals surface area contributed by atoms with Gasteiger partial charge >= 0.3 is 0 Å². The number of nitrogens with one attached hydrogen (secondary N) is 1. The topological polar surface area (TPSA) is 24.4 Å². The molecule has 0 aliphatic heterocycles. The fourth-order valence-electron chi connectivity index (χ4n) is 1.92. The summed E-state index contributed by atoms with van der Waals surface area (Å²) in [6.45, 7) is 0. The van der Waals surface area contributed by atoms with E-state index >= 15 is 0 Å². The van der Waals surface area contributed by atoms with Crippen LogP contribution in [0.4, 0.5) is 10.1 Å². The predicted molar refractivity (Wildman–Crippen MR) is 86.4 cm³/mol. The third-order valence-electron chi connectivity index (χ3n) is 2.94. The Labute approximate surface area is 126 Å². The number of thiophene rings is 1. The van der Waals surface area contributed by atoms with Crippen LogP contribution in [-0.4, -0.2) is 5.71 Å². The fraction of sp³-hybridized carbons (Fsp3) is 0. The number of anilines is 1. The standard InChI is InChI=1S/C17H13FN2S/c18-14-8-10-15(11-9-14)19-20-17(16-7-4-12-21-16)13-5-2-1-3-6-13/h1-12,19H/b20-17+. The van der Waals surface area contributed by atoms with Crippen LogP contribution in [0, 0.1) is 5.82 Å². The van der Waals surface area contributed by atoms with Gasteiger partial charge in [0.25, 0.3) is 0 Å². The molecule has 21 heavy (non-hydrogen) atoms. The van der Waals surface area contributed by atoms with Gasteiger partial charge in [-0.25, -0.2) is 4.39 Å². The summed E-state index contributed by atoms with van der Waals surface area (Å²) in [6, 6.07) is 20.1. The van der Waals surface area contributed by atoms with E-state index in [9.17, 15) is 4.39 Å². The Bertz CT molecular complexity index is 719. The molecule has 0 aliphatic rings. The molecule has 2 nitrogen and oxygen atoms in total. The summed E-state index contributed by atoms with van der Waals surface area (Å²) < 4.78 is 12.9. The number of hydrogen-bond acceptors (Lipinski definition) is 3. The van der Waals surface area contributed by atoms with E-state index in [1.165, 1.54) is 12.1 Å². The van der Waals surface area contributed by atoms with Crippen LogP contribution < -0.4 is 5.43 Å². The van der Waals surface area contributed by atoms with Gasteiger partial charge in [-0.15, -0.1) is 11.3 Å². The summed E-state index contributed by atoms with van der Waals surface area (Å²) in [7, 11) is 0. The number of hydrogen-bond donors (Lipinski definition) is 1. The molecule has 0 saturated carbocycles. The molecule has 0 bridgehead atoms. The minimum atomic E-state index is -0.258. The maximum atomic E-state index is 12.9. The third-order valence-corrected chi connectivity index (χ3v) is 3.82. The summed E-state index contributed by atoms with van der Waals surface area (Å²) >= 11 is 1.63. The lowest BCUT2D eigenvalue weighted by molar-refractivity contribution is 0.628. The van der Waals surface area contributed by atoms with Crippen LogP contribution >= 0.6 is 11.3 Å². The van der Waals surface area contributed by atoms with Gasteiger partial charge < -0.3 is 0 Å². The normalized spacial score (nSPS) is 11.4. The van der Waals surface area contributed by atoms with E-state index in [4.69, 9.17) is 0 Å². The number of halogens is 1. The van der Waals surface area contributed by atoms with Crippen molar-refractivity contribution in [3.63, 3.8) is 0 Å². The van der Waals surface area contributed by atoms with Crippen LogP contribution in [0.25, 0.3) is 0 Å². The van der Waals surface area contributed by atoms with Crippen LogP contribution in [0.5, 0.6) is 0 Å². The molecule has 0 spiro atoms. The van der Waals surface area contributed by atoms with Crippen LogP contribution in [-0.2, 0) is 0 Å². The average molecular weight is 296 g/mol. The van der Waals surface area contributed by atoms with Gasteiger partial charge in [-0.2, -0.15) is 5.10 Å². The van der Waals surface area contributed by atoms with Gasteiger partial charge in [-0.05, 0) is 35.7 Å². The lowest BCUT2D eigenvalue weighted by Crippen LogP contribution is -2.04. The molecule has 0 atom stereocenters. The first-order chi connectivity index (χ1) is 10.3. The van der Waals surface area contributed by atoms with Crippen molar-refractivity contribution in [1.29, 1.82) is 0 Å². The highest BCUT2D eigenvalue weighted by atomic mass is 32.1. The van der Waals surface area contributed by atoms with Gasteiger partial charge in [-0.3, -0.25) is 5.43 Å². The zero-order chi connectivity index (χ0) is 14.5. The molecule has 0 unspecified atom stereocenters. The van der Waals surface area contributed by atoms with E-state index in [1.807, 2.05) is 47.8 Å². The fourth-order valence-corrected chi connectivity index (χ4v) is 2.65. The van der Waals surface area contributed by atoms with Gasteiger partial charge in [0.1, 0.15) is 11.5 Å². The molecule has 0 aliphatic carbocycles. The Morgan fingerprint density at radius 2 is 1.67 bits per heavy atom. The van der Waals surface area contributed by atoms with E-state index in [0.29, 0.717) is 0 Å². The van der Waals surface area contributed by atoms with Crippen molar-refractivity contribution in [2.45, 2.75) is 0 Å². The Morgan fingerprint density at radius 3 is 2.33 bits per heavy atom. The van der Waals surface area contributed by atoms with E-state index in [1.54, 1.807) is 23.5 Å². The molecule has 0 radical (unpaired) electrons. The van der Waals surface area contributed by atoms with Crippen molar-refractivity contribution >= 4 is 22.7 Å². The highest BCUT2D eigenvalue weighted by molar-refractivity contribution is 7.12. The minimum Gasteiger partial charge on any atom is -0.278 e. The molecule has 0 saturated heterocycles. The Morgan fingerprint density at radius 1 is 0.905 bits per heavy atom. The van der Waals surface area contributed by atoms with E-state index in [-0.39, 0.29) is 5.82 Å². The summed E-state index contributed by atoms with van der Waals surface area (Å²) in [6.07, 6.45) is 0. The van der Waals surface area contributed by atoms with Gasteiger partial charge in [0, 0.05) is 5.56 Å². The van der Waals surface area contributed by atoms with Crippen LogP contribution in [0.1, 0.15) is 10.4 Å². The molecular weight excluding hydrogens is 283 g/mol. The second-order valence-electron chi connectivity index (χ2n) is 4.42. The zero-order valence-corrected chi connectivity index (χ0v) is 12.0. The molecule has 0 fully saturated rings. The van der Waals surface area contributed by atoms with Gasteiger partial charge in [0.05, 0.1) is 10.6 Å². The molecule has 2 aromatic carbocycles. The first-order valence-electron chi connectivity index (χ1n) is 6.51. The maximum Gasteiger partial charge on any atom is 0.123 e. The van der Waals surface area contributed by atoms with Crippen molar-refractivity contribution in [3.8, 4) is 0 Å². The maximum absolute atomic E-state index is 12.9. The number of nitrogens with zero attached hydrogens (tertiary/aromatic N) is 1. The summed E-state index contributed by atoms with van der Waals surface area (Å²) in [5.74, 6) is -0.258. The monoisotopic (exact) mass is 296 g/mol. The molecule has 1 heterocycles. The minimum absolute atomic E-state index is 0.258. The first kappa shape index (κ1) is 13.5. The molecule has 3 aromatic rings. The van der Waals surface area contributed by atoms with Gasteiger partial charge in [0.15, 0.2) is 0 Å². The average Bonchev–Trinajstić information content (AvgIpc) is 3.05. The molecule has 1 aromatic heterocycles. The Balaban J connectivity index is 1.92. The van der Waals surface area contributed by atoms with Crippen molar-refractivity contribution in [2.75, 3.05) is 5.43 Å². The molecular formula is C17H13FN2S. The Hall–Kier alpha value is -2.46. The summed E-state index contributed by atoms with van der Waals surface area (Å²) in [5.41, 5.74) is 5.64. The predicted octanol–water partition coefficient (Wildman–Crippen LogP) is 4.75. The van der Waals surface area contributed by atoms with Gasteiger partial charge in [-0.1, -0.05) is 36.4 Å². The second kappa shape index (κ2) is 6.33. The first-order valence-corrected chi connectivity index (χ1v) is 7.39. The number of benzene rings is 2. The second-order valence-corrected chi connectivity index (χ2v) is 5.37. The number of hydrazone groups is 1. The van der Waals surface area contributed by atoms with E-state index in [2.05, 4.69) is 10.5 Å². The van der Waals surface area contributed by atoms with E-state index < -0.39 is 0 Å². The number of rotatable bonds is 4. The molecule has 104 valence electrons. The highest BCUT2D eigenvalue weighted by Crippen LogP contribution is 2.17. The molecule has 4 heteroatoms. The summed E-state index contributed by atoms with van der Waals surface area (Å²) in [5, 5.41) is 6.51. The third kappa shape index (κ3) is 3.35. The highest BCUT2D eigenvalue weighted by Gasteiger charge is 2.07. The van der Waals surface area contributed by atoms with Crippen molar-refractivity contribution in [2.24, 2.45) is 5.10 Å². The van der Waals surface area contributed by atoms with Crippen LogP contribution in [0.2, 0.25) is 0 Å². The largest absolute Gasteiger partial charge is 0.278 e. The molecule has 1 N–H and O–H groups in total. The van der Waals surface area contributed by atoms with Gasteiger partial charge in [0.2, 0.25) is 0 Å². The van der Waals surface area contributed by atoms with Crippen LogP contribution in [0.3, 0.4) is 0 Å². The lowest BCUT2D eigenvalue weighted by Gasteiger charge is -2.06. The molecule has 3 rings (SSSR count). The summed E-state index contributed by atoms with van der Waals surface area (Å²) in [4.78, 5) is 1.08. The van der Waals surface area contributed by atoms with Crippen molar-refractivity contribution < 1.29 is 4.39 Å². The quantitative estimate of drug-likeness (QED) is 0.545. The smallest absolute Gasteiger partial charge is 0.123 e. The van der Waals surface area contributed by atoms with Crippen molar-refractivity contribution in [1.82, 2.24) is 0 Å². The zero-order valence-electron chi connectivity index (χ0n) is 11.2. The van der Waals surface area contributed by atoms with E-state index in [0.717, 1.165) is 21.8 Å². The van der Waals surface area contributed by atoms with Crippen LogP contribution in [0.15, 0.2) is 77.2 Å². The molecule has 0 amide bonds. The SMILES string of the molecule is Fc1ccc(N/N=C(\c2ccccc2)c2cccs2)cc1. The Kier molecular flexibility index (Phi) is 4.07.